The quantitative estimate of drug-likeness (QED) is 0.509. The molecule has 1 nitrogen and oxygen atoms in total. The molecule has 0 aromatic heterocycles. The average molecular weight is 296 g/mol. The minimum atomic E-state index is 0.442. The maximum absolute atomic E-state index is 3.81. The summed E-state index contributed by atoms with van der Waals surface area (Å²) in [5.74, 6) is 0.678. The third-order valence-electron chi connectivity index (χ3n) is 3.45. The van der Waals surface area contributed by atoms with Gasteiger partial charge in [-0.2, -0.15) is 0 Å². The minimum absolute atomic E-state index is 0.442. The van der Waals surface area contributed by atoms with Crippen LogP contribution in [0.5, 0.6) is 0 Å². The predicted octanol–water partition coefficient (Wildman–Crippen LogP) is 4.59. The van der Waals surface area contributed by atoms with Gasteiger partial charge in [0.1, 0.15) is 0 Å². The summed E-state index contributed by atoms with van der Waals surface area (Å²) in [6, 6.07) is 8.66. The molecule has 0 aliphatic carbocycles. The fourth-order valence-corrected chi connectivity index (χ4v) is 4.77. The Bertz CT molecular complexity index is 469. The van der Waals surface area contributed by atoms with Crippen molar-refractivity contribution in [3.05, 3.63) is 34.9 Å². The number of nitrogens with zero attached hydrogens (tertiary/aromatic N) is 1. The van der Waals surface area contributed by atoms with E-state index in [0.29, 0.717) is 10.9 Å². The lowest BCUT2D eigenvalue weighted by Gasteiger charge is -2.35. The fourth-order valence-electron chi connectivity index (χ4n) is 2.34. The number of hydrogen-bond acceptors (Lipinski definition) is 2. The smallest absolute Gasteiger partial charge is 0.0905 e. The van der Waals surface area contributed by atoms with Crippen LogP contribution in [0.4, 0.5) is 5.69 Å². The molecule has 0 saturated carbocycles. The molecule has 2 heterocycles. The first-order chi connectivity index (χ1) is 7.68. The van der Waals surface area contributed by atoms with E-state index in [2.05, 4.69) is 58.9 Å². The molecule has 84 valence electrons. The molecule has 1 aromatic carbocycles. The summed E-state index contributed by atoms with van der Waals surface area (Å²) in [7, 11) is 0. The number of fused-ring (bicyclic) bond motifs is 3. The van der Waals surface area contributed by atoms with Crippen LogP contribution in [0.2, 0.25) is 0 Å². The van der Waals surface area contributed by atoms with Crippen molar-refractivity contribution in [3.8, 4) is 0 Å². The molecule has 16 heavy (non-hydrogen) atoms. The van der Waals surface area contributed by atoms with E-state index < -0.39 is 0 Å². The number of alkyl halides is 1. The van der Waals surface area contributed by atoms with Gasteiger partial charge in [0.15, 0.2) is 0 Å². The first-order valence-electron chi connectivity index (χ1n) is 5.59. The highest BCUT2D eigenvalue weighted by molar-refractivity contribution is 9.09. The van der Waals surface area contributed by atoms with E-state index in [1.807, 2.05) is 11.8 Å². The summed E-state index contributed by atoms with van der Waals surface area (Å²) < 4.78 is 0. The molecule has 2 unspecified atom stereocenters. The Morgan fingerprint density at radius 1 is 1.38 bits per heavy atom. The van der Waals surface area contributed by atoms with Gasteiger partial charge in [0.2, 0.25) is 0 Å². The minimum Gasteiger partial charge on any atom is -0.322 e. The summed E-state index contributed by atoms with van der Waals surface area (Å²) >= 11 is 5.72. The van der Waals surface area contributed by atoms with E-state index in [4.69, 9.17) is 0 Å². The number of allylic oxidation sites excluding steroid dienone is 1. The van der Waals surface area contributed by atoms with Crippen molar-refractivity contribution in [1.82, 2.24) is 0 Å². The summed E-state index contributed by atoms with van der Waals surface area (Å²) in [5, 5.41) is 1.43. The number of anilines is 1. The van der Waals surface area contributed by atoms with Crippen LogP contribution in [0.15, 0.2) is 39.8 Å². The summed E-state index contributed by atoms with van der Waals surface area (Å²) in [5.41, 5.74) is 2.88. The van der Waals surface area contributed by atoms with Crippen LogP contribution in [0.1, 0.15) is 20.3 Å². The predicted molar refractivity (Wildman–Crippen MR) is 74.0 cm³/mol. The molecule has 0 amide bonds. The molecule has 0 fully saturated rings. The van der Waals surface area contributed by atoms with Gasteiger partial charge in [-0.25, -0.2) is 0 Å². The van der Waals surface area contributed by atoms with Crippen molar-refractivity contribution in [1.29, 1.82) is 0 Å². The van der Waals surface area contributed by atoms with Crippen molar-refractivity contribution in [2.75, 3.05) is 4.90 Å². The van der Waals surface area contributed by atoms with Crippen LogP contribution >= 0.6 is 27.7 Å². The molecule has 0 saturated heterocycles. The summed E-state index contributed by atoms with van der Waals surface area (Å²) in [6.07, 6.45) is 1.18. The molecular weight excluding hydrogens is 282 g/mol. The molecule has 2 atom stereocenters. The summed E-state index contributed by atoms with van der Waals surface area (Å²) in [4.78, 5) is 4.27. The Labute approximate surface area is 109 Å². The first kappa shape index (κ1) is 10.7. The lowest BCUT2D eigenvalue weighted by atomic mass is 9.96. The van der Waals surface area contributed by atoms with Gasteiger partial charge in [-0.3, -0.25) is 0 Å². The second-order valence-electron chi connectivity index (χ2n) is 4.50. The monoisotopic (exact) mass is 295 g/mol. The van der Waals surface area contributed by atoms with Crippen molar-refractivity contribution >= 4 is 33.4 Å². The Morgan fingerprint density at radius 2 is 2.12 bits per heavy atom. The van der Waals surface area contributed by atoms with Gasteiger partial charge in [0.05, 0.1) is 15.7 Å². The van der Waals surface area contributed by atoms with Gasteiger partial charge in [-0.1, -0.05) is 46.7 Å². The second kappa shape index (κ2) is 3.81. The molecule has 1 aromatic rings. The van der Waals surface area contributed by atoms with E-state index in [1.165, 1.54) is 27.6 Å². The standard InChI is InChI=1S/C13H14BrNS/c1-8-7-12(14)15-10-5-3-4-6-11(10)16-13(15)9(8)2/h3-6,8,12H,7H2,1-2H3. The maximum Gasteiger partial charge on any atom is 0.0905 e. The Hall–Kier alpha value is -0.410. The third kappa shape index (κ3) is 1.45. The van der Waals surface area contributed by atoms with Crippen LogP contribution in [0, 0.1) is 5.92 Å². The molecule has 2 aliphatic rings. The Morgan fingerprint density at radius 3 is 2.94 bits per heavy atom. The normalized spacial score (nSPS) is 28.1. The van der Waals surface area contributed by atoms with E-state index in [9.17, 15) is 0 Å². The first-order valence-corrected chi connectivity index (χ1v) is 7.32. The highest BCUT2D eigenvalue weighted by atomic mass is 79.9. The van der Waals surface area contributed by atoms with Crippen molar-refractivity contribution in [2.45, 2.75) is 30.1 Å². The topological polar surface area (TPSA) is 3.24 Å². The number of hydrogen-bond donors (Lipinski definition) is 0. The van der Waals surface area contributed by atoms with Gasteiger partial charge in [0.25, 0.3) is 0 Å². The second-order valence-corrected chi connectivity index (χ2v) is 6.59. The largest absolute Gasteiger partial charge is 0.322 e. The molecule has 0 radical (unpaired) electrons. The Balaban J connectivity index is 2.15. The Kier molecular flexibility index (Phi) is 2.55. The van der Waals surface area contributed by atoms with E-state index in [0.717, 1.165) is 0 Å². The van der Waals surface area contributed by atoms with Gasteiger partial charge in [0, 0.05) is 4.90 Å². The van der Waals surface area contributed by atoms with Crippen molar-refractivity contribution < 1.29 is 0 Å². The highest BCUT2D eigenvalue weighted by Crippen LogP contribution is 2.52. The number of halogens is 1. The van der Waals surface area contributed by atoms with Gasteiger partial charge in [-0.15, -0.1) is 0 Å². The molecule has 3 heteroatoms. The van der Waals surface area contributed by atoms with Crippen LogP contribution in [-0.2, 0) is 0 Å². The fraction of sp³-hybridized carbons (Fsp3) is 0.385. The molecular formula is C13H14BrNS. The van der Waals surface area contributed by atoms with Crippen LogP contribution in [-0.4, -0.2) is 4.95 Å². The molecule has 0 spiro atoms. The zero-order chi connectivity index (χ0) is 11.3. The van der Waals surface area contributed by atoms with E-state index >= 15 is 0 Å². The van der Waals surface area contributed by atoms with E-state index in [-0.39, 0.29) is 0 Å². The number of para-hydroxylation sites is 1. The number of benzene rings is 1. The van der Waals surface area contributed by atoms with Crippen LogP contribution in [0.25, 0.3) is 0 Å². The lowest BCUT2D eigenvalue weighted by molar-refractivity contribution is 0.563. The van der Waals surface area contributed by atoms with Crippen LogP contribution in [0.3, 0.4) is 0 Å². The molecule has 3 rings (SSSR count). The zero-order valence-corrected chi connectivity index (χ0v) is 11.8. The maximum atomic E-state index is 3.81. The zero-order valence-electron chi connectivity index (χ0n) is 9.40. The average Bonchev–Trinajstić information content (AvgIpc) is 2.65. The van der Waals surface area contributed by atoms with Gasteiger partial charge < -0.3 is 4.90 Å². The van der Waals surface area contributed by atoms with Crippen molar-refractivity contribution in [2.24, 2.45) is 5.92 Å². The van der Waals surface area contributed by atoms with Crippen molar-refractivity contribution in [3.63, 3.8) is 0 Å². The van der Waals surface area contributed by atoms with E-state index in [1.54, 1.807) is 0 Å². The lowest BCUT2D eigenvalue weighted by Crippen LogP contribution is -2.33. The highest BCUT2D eigenvalue weighted by Gasteiger charge is 2.36. The molecule has 0 bridgehead atoms. The van der Waals surface area contributed by atoms with Crippen LogP contribution < -0.4 is 4.90 Å². The summed E-state index contributed by atoms with van der Waals surface area (Å²) in [6.45, 7) is 4.59. The third-order valence-corrected chi connectivity index (χ3v) is 5.52. The SMILES string of the molecule is CC1=C2Sc3ccccc3N2C(Br)CC1C. The molecule has 2 aliphatic heterocycles. The number of rotatable bonds is 0. The molecule has 0 N–H and O–H groups in total. The number of thioether (sulfide) groups is 1. The van der Waals surface area contributed by atoms with Gasteiger partial charge >= 0.3 is 0 Å². The van der Waals surface area contributed by atoms with Gasteiger partial charge in [-0.05, 0) is 37.0 Å².